The van der Waals surface area contributed by atoms with E-state index in [1.807, 2.05) is 35.2 Å². The van der Waals surface area contributed by atoms with Crippen LogP contribution in [0.1, 0.15) is 32.6 Å². The molecule has 1 N–H and O–H groups in total. The lowest BCUT2D eigenvalue weighted by molar-refractivity contribution is 0.194. The molecule has 0 unspecified atom stereocenters. The third-order valence-corrected chi connectivity index (χ3v) is 6.34. The number of hydrogen-bond donors (Lipinski definition) is 1. The molecule has 2 amide bonds. The van der Waals surface area contributed by atoms with Gasteiger partial charge in [-0.25, -0.2) is 4.79 Å². The number of benzene rings is 1. The van der Waals surface area contributed by atoms with Gasteiger partial charge in [0.1, 0.15) is 12.4 Å². The van der Waals surface area contributed by atoms with Gasteiger partial charge in [0, 0.05) is 24.5 Å². The van der Waals surface area contributed by atoms with Crippen molar-refractivity contribution in [2.75, 3.05) is 57.7 Å². The topological polar surface area (TPSA) is 48.1 Å². The summed E-state index contributed by atoms with van der Waals surface area (Å²) < 4.78 is 6.01. The van der Waals surface area contributed by atoms with Crippen molar-refractivity contribution in [2.24, 2.45) is 0 Å². The van der Waals surface area contributed by atoms with Crippen LogP contribution in [0.2, 0.25) is 0 Å². The second-order valence-corrected chi connectivity index (χ2v) is 8.36. The number of likely N-dealkylation sites (N-methyl/N-ethyl adjacent to an activating group) is 2. The number of carbonyl (C=O) groups is 1. The van der Waals surface area contributed by atoms with Gasteiger partial charge in [0.15, 0.2) is 0 Å². The average molecular weight is 447 g/mol. The van der Waals surface area contributed by atoms with Crippen LogP contribution in [0.5, 0.6) is 5.75 Å². The van der Waals surface area contributed by atoms with E-state index < -0.39 is 0 Å². The van der Waals surface area contributed by atoms with Crippen molar-refractivity contribution >= 4 is 23.1 Å². The van der Waals surface area contributed by atoms with E-state index in [1.165, 1.54) is 4.88 Å². The van der Waals surface area contributed by atoms with E-state index in [1.54, 1.807) is 11.3 Å². The molecule has 1 heterocycles. The van der Waals surface area contributed by atoms with Gasteiger partial charge in [-0.05, 0) is 49.8 Å². The summed E-state index contributed by atoms with van der Waals surface area (Å²) in [5.74, 6) is 0.711. The first-order valence-electron chi connectivity index (χ1n) is 11.4. The molecule has 0 saturated carbocycles. The van der Waals surface area contributed by atoms with Gasteiger partial charge in [0.05, 0.1) is 12.2 Å². The second kappa shape index (κ2) is 14.1. The molecule has 2 rings (SSSR count). The largest absolute Gasteiger partial charge is 0.490 e. The molecule has 31 heavy (non-hydrogen) atoms. The number of anilines is 1. The Morgan fingerprint density at radius 1 is 0.903 bits per heavy atom. The van der Waals surface area contributed by atoms with E-state index in [4.69, 9.17) is 4.74 Å². The Hall–Kier alpha value is -2.09. The fraction of sp³-hybridized carbons (Fsp3) is 0.542. The molecular weight excluding hydrogens is 408 g/mol. The molecule has 0 fully saturated rings. The van der Waals surface area contributed by atoms with Gasteiger partial charge < -0.3 is 24.8 Å². The third kappa shape index (κ3) is 8.51. The molecule has 172 valence electrons. The predicted molar refractivity (Wildman–Crippen MR) is 131 cm³/mol. The zero-order chi connectivity index (χ0) is 22.5. The van der Waals surface area contributed by atoms with Crippen LogP contribution in [0.4, 0.5) is 10.5 Å². The number of nitrogens with one attached hydrogen (secondary N) is 1. The first-order chi connectivity index (χ1) is 15.1. The lowest BCUT2D eigenvalue weighted by Gasteiger charge is -2.27. The SMILES string of the molecule is CCN(CC)CCOc1ccccc1NC(=O)N(CCN(CC)CC)Cc1cccs1. The quantitative estimate of drug-likeness (QED) is 0.451. The summed E-state index contributed by atoms with van der Waals surface area (Å²) in [6.45, 7) is 16.2. The number of nitrogens with zero attached hydrogens (tertiary/aromatic N) is 3. The van der Waals surface area contributed by atoms with Crippen LogP contribution in [0.3, 0.4) is 0 Å². The Bertz CT molecular complexity index is 746. The smallest absolute Gasteiger partial charge is 0.322 e. The van der Waals surface area contributed by atoms with E-state index in [2.05, 4.69) is 54.3 Å². The van der Waals surface area contributed by atoms with E-state index in [0.29, 0.717) is 31.1 Å². The highest BCUT2D eigenvalue weighted by Gasteiger charge is 2.17. The predicted octanol–water partition coefficient (Wildman–Crippen LogP) is 4.84. The van der Waals surface area contributed by atoms with E-state index in [0.717, 1.165) is 39.3 Å². The van der Waals surface area contributed by atoms with Crippen LogP contribution in [-0.4, -0.2) is 73.2 Å². The van der Waals surface area contributed by atoms with Gasteiger partial charge in [-0.15, -0.1) is 11.3 Å². The monoisotopic (exact) mass is 446 g/mol. The van der Waals surface area contributed by atoms with Crippen LogP contribution >= 0.6 is 11.3 Å². The fourth-order valence-electron chi connectivity index (χ4n) is 3.36. The Morgan fingerprint density at radius 3 is 2.23 bits per heavy atom. The van der Waals surface area contributed by atoms with Crippen LogP contribution in [0.25, 0.3) is 0 Å². The maximum Gasteiger partial charge on any atom is 0.322 e. The molecule has 6 nitrogen and oxygen atoms in total. The molecule has 7 heteroatoms. The highest BCUT2D eigenvalue weighted by molar-refractivity contribution is 7.09. The summed E-state index contributed by atoms with van der Waals surface area (Å²) in [7, 11) is 0. The summed E-state index contributed by atoms with van der Waals surface area (Å²) in [6.07, 6.45) is 0. The molecule has 0 radical (unpaired) electrons. The number of amides is 2. The van der Waals surface area contributed by atoms with E-state index in [9.17, 15) is 4.79 Å². The average Bonchev–Trinajstić information content (AvgIpc) is 3.31. The van der Waals surface area contributed by atoms with Gasteiger partial charge in [-0.1, -0.05) is 45.9 Å². The lowest BCUT2D eigenvalue weighted by Crippen LogP contribution is -2.40. The Kier molecular flexibility index (Phi) is 11.4. The number of hydrogen-bond acceptors (Lipinski definition) is 5. The zero-order valence-electron chi connectivity index (χ0n) is 19.5. The van der Waals surface area contributed by atoms with Crippen molar-refractivity contribution in [1.82, 2.24) is 14.7 Å². The molecule has 1 aromatic carbocycles. The van der Waals surface area contributed by atoms with E-state index >= 15 is 0 Å². The normalized spacial score (nSPS) is 11.2. The number of para-hydroxylation sites is 2. The van der Waals surface area contributed by atoms with Gasteiger partial charge in [-0.3, -0.25) is 0 Å². The minimum atomic E-state index is -0.0969. The molecule has 2 aromatic rings. The summed E-state index contributed by atoms with van der Waals surface area (Å²) in [4.78, 5) is 20.9. The number of ether oxygens (including phenoxy) is 1. The molecule has 0 spiro atoms. The molecule has 0 aliphatic carbocycles. The van der Waals surface area contributed by atoms with Crippen LogP contribution in [-0.2, 0) is 6.54 Å². The highest BCUT2D eigenvalue weighted by Crippen LogP contribution is 2.24. The van der Waals surface area contributed by atoms with Crippen LogP contribution in [0.15, 0.2) is 41.8 Å². The maximum atomic E-state index is 13.2. The first kappa shape index (κ1) is 25.2. The summed E-state index contributed by atoms with van der Waals surface area (Å²) >= 11 is 1.68. The molecule has 0 atom stereocenters. The number of urea groups is 1. The minimum Gasteiger partial charge on any atom is -0.490 e. The zero-order valence-corrected chi connectivity index (χ0v) is 20.3. The van der Waals surface area contributed by atoms with Gasteiger partial charge >= 0.3 is 6.03 Å². The van der Waals surface area contributed by atoms with E-state index in [-0.39, 0.29) is 6.03 Å². The number of thiophene rings is 1. The first-order valence-corrected chi connectivity index (χ1v) is 12.2. The minimum absolute atomic E-state index is 0.0969. The molecule has 0 saturated heterocycles. The second-order valence-electron chi connectivity index (χ2n) is 7.33. The van der Waals surface area contributed by atoms with Crippen molar-refractivity contribution in [1.29, 1.82) is 0 Å². The van der Waals surface area contributed by atoms with Crippen molar-refractivity contribution in [3.05, 3.63) is 46.7 Å². The standard InChI is InChI=1S/C24H38N4O2S/c1-5-26(6-2)15-16-28(20-21-12-11-19-31-21)24(29)25-22-13-9-10-14-23(22)30-18-17-27(7-3)8-4/h9-14,19H,5-8,15-18,20H2,1-4H3,(H,25,29). The summed E-state index contributed by atoms with van der Waals surface area (Å²) in [6, 6.07) is 11.7. The highest BCUT2D eigenvalue weighted by atomic mass is 32.1. The van der Waals surface area contributed by atoms with Gasteiger partial charge in [0.25, 0.3) is 0 Å². The lowest BCUT2D eigenvalue weighted by atomic mass is 10.3. The number of rotatable bonds is 14. The molecule has 0 bridgehead atoms. The summed E-state index contributed by atoms with van der Waals surface area (Å²) in [5.41, 5.74) is 0.714. The number of carbonyl (C=O) groups excluding carboxylic acids is 1. The summed E-state index contributed by atoms with van der Waals surface area (Å²) in [5, 5.41) is 5.13. The molecule has 0 aliphatic heterocycles. The maximum absolute atomic E-state index is 13.2. The van der Waals surface area contributed by atoms with Crippen molar-refractivity contribution < 1.29 is 9.53 Å². The van der Waals surface area contributed by atoms with Crippen molar-refractivity contribution in [3.8, 4) is 5.75 Å². The fourth-order valence-corrected chi connectivity index (χ4v) is 4.08. The van der Waals surface area contributed by atoms with Crippen molar-refractivity contribution in [2.45, 2.75) is 34.2 Å². The Balaban J connectivity index is 2.04. The Morgan fingerprint density at radius 2 is 1.58 bits per heavy atom. The van der Waals surface area contributed by atoms with Gasteiger partial charge in [0.2, 0.25) is 0 Å². The van der Waals surface area contributed by atoms with Crippen molar-refractivity contribution in [3.63, 3.8) is 0 Å². The molecule has 1 aromatic heterocycles. The van der Waals surface area contributed by atoms with Crippen LogP contribution < -0.4 is 10.1 Å². The van der Waals surface area contributed by atoms with Gasteiger partial charge in [-0.2, -0.15) is 0 Å². The molecular formula is C24H38N4O2S. The Labute approximate surface area is 191 Å². The van der Waals surface area contributed by atoms with Crippen LogP contribution in [0, 0.1) is 0 Å². The molecule has 0 aliphatic rings. The third-order valence-electron chi connectivity index (χ3n) is 5.48.